The molecule has 3 N–H and O–H groups in total. The van der Waals surface area contributed by atoms with Crippen LogP contribution < -0.4 is 11.1 Å². The lowest BCUT2D eigenvalue weighted by Crippen LogP contribution is -2.32. The molecule has 0 radical (unpaired) electrons. The number of methoxy groups -OCH3 is 2. The standard InChI is InChI=1S/C19H21NO3.C6H13NO2/c1-14(8-13-18(21)23-2)20-19(22)17-11-9-16(10-12-17)15-6-4-3-5-7-15;1-5(7)3-4-6(8)9-2/h3-7,9-12,14H,8,13H2,1-2H3,(H,20,22);5H,3-4,7H2,1-2H3/t14-;5-/m11/s1. The Morgan fingerprint density at radius 3 is 1.81 bits per heavy atom. The minimum Gasteiger partial charge on any atom is -0.469 e. The Bertz CT molecular complexity index is 835. The third-order valence-corrected chi connectivity index (χ3v) is 4.67. The van der Waals surface area contributed by atoms with Crippen LogP contribution in [0.25, 0.3) is 11.1 Å². The average molecular weight is 443 g/mol. The second kappa shape index (κ2) is 14.8. The highest BCUT2D eigenvalue weighted by Gasteiger charge is 2.11. The number of benzene rings is 2. The summed E-state index contributed by atoms with van der Waals surface area (Å²) in [6.07, 6.45) is 1.98. The molecule has 1 amide bonds. The number of nitrogens with two attached hydrogens (primary N) is 1. The summed E-state index contributed by atoms with van der Waals surface area (Å²) < 4.78 is 9.00. The number of carbonyl (C=O) groups is 3. The van der Waals surface area contributed by atoms with Gasteiger partial charge in [0.2, 0.25) is 0 Å². The van der Waals surface area contributed by atoms with Crippen LogP contribution in [0.15, 0.2) is 54.6 Å². The summed E-state index contributed by atoms with van der Waals surface area (Å²) in [5.41, 5.74) is 8.18. The quantitative estimate of drug-likeness (QED) is 0.573. The maximum absolute atomic E-state index is 12.2. The van der Waals surface area contributed by atoms with E-state index in [1.54, 1.807) is 0 Å². The molecule has 2 aromatic rings. The largest absolute Gasteiger partial charge is 0.469 e. The van der Waals surface area contributed by atoms with E-state index in [2.05, 4.69) is 14.8 Å². The zero-order valence-corrected chi connectivity index (χ0v) is 19.3. The van der Waals surface area contributed by atoms with Gasteiger partial charge in [0.25, 0.3) is 5.91 Å². The third kappa shape index (κ3) is 10.7. The fraction of sp³-hybridized carbons (Fsp3) is 0.400. The number of nitrogens with one attached hydrogen (secondary N) is 1. The zero-order valence-electron chi connectivity index (χ0n) is 19.3. The highest BCUT2D eigenvalue weighted by molar-refractivity contribution is 5.94. The molecule has 0 spiro atoms. The third-order valence-electron chi connectivity index (χ3n) is 4.67. The Hall–Kier alpha value is -3.19. The smallest absolute Gasteiger partial charge is 0.305 e. The first kappa shape index (κ1) is 26.8. The molecule has 0 aliphatic carbocycles. The van der Waals surface area contributed by atoms with Gasteiger partial charge >= 0.3 is 11.9 Å². The van der Waals surface area contributed by atoms with E-state index in [1.165, 1.54) is 14.2 Å². The number of carbonyl (C=O) groups excluding carboxylic acids is 3. The maximum atomic E-state index is 12.2. The lowest BCUT2D eigenvalue weighted by atomic mass is 10.0. The number of rotatable bonds is 9. The SMILES string of the molecule is COC(=O)CC[C@@H](C)N.COC(=O)CC[C@@H](C)NC(=O)c1ccc(-c2ccccc2)cc1. The number of esters is 2. The highest BCUT2D eigenvalue weighted by Crippen LogP contribution is 2.19. The van der Waals surface area contributed by atoms with E-state index in [0.29, 0.717) is 31.2 Å². The fourth-order valence-corrected chi connectivity index (χ4v) is 2.71. The Labute approximate surface area is 190 Å². The molecule has 174 valence electrons. The molecule has 0 saturated carbocycles. The molecule has 2 atom stereocenters. The van der Waals surface area contributed by atoms with Crippen molar-refractivity contribution in [3.05, 3.63) is 60.2 Å². The van der Waals surface area contributed by atoms with Crippen molar-refractivity contribution in [3.63, 3.8) is 0 Å². The van der Waals surface area contributed by atoms with Crippen LogP contribution in [0.1, 0.15) is 49.9 Å². The normalized spacial score (nSPS) is 11.9. The van der Waals surface area contributed by atoms with Gasteiger partial charge in [-0.05, 0) is 49.9 Å². The van der Waals surface area contributed by atoms with Gasteiger partial charge in [0.05, 0.1) is 14.2 Å². The first-order valence-electron chi connectivity index (χ1n) is 10.6. The summed E-state index contributed by atoms with van der Waals surface area (Å²) in [5, 5.41) is 2.89. The summed E-state index contributed by atoms with van der Waals surface area (Å²) in [6, 6.07) is 17.5. The molecule has 7 nitrogen and oxygen atoms in total. The zero-order chi connectivity index (χ0) is 23.9. The monoisotopic (exact) mass is 442 g/mol. The van der Waals surface area contributed by atoms with E-state index >= 15 is 0 Å². The van der Waals surface area contributed by atoms with Gasteiger partial charge in [-0.1, -0.05) is 42.5 Å². The molecule has 0 saturated heterocycles. The molecule has 0 bridgehead atoms. The predicted molar refractivity (Wildman–Crippen MR) is 125 cm³/mol. The van der Waals surface area contributed by atoms with Crippen LogP contribution in [0.3, 0.4) is 0 Å². The van der Waals surface area contributed by atoms with Crippen molar-refractivity contribution < 1.29 is 23.9 Å². The van der Waals surface area contributed by atoms with Gasteiger partial charge in [0.15, 0.2) is 0 Å². The van der Waals surface area contributed by atoms with Crippen LogP contribution in [0, 0.1) is 0 Å². The van der Waals surface area contributed by atoms with E-state index in [4.69, 9.17) is 5.73 Å². The molecule has 0 aliphatic heterocycles. The molecule has 0 heterocycles. The number of amides is 1. The Balaban J connectivity index is 0.000000482. The average Bonchev–Trinajstić information content (AvgIpc) is 2.81. The van der Waals surface area contributed by atoms with Crippen LogP contribution in [-0.4, -0.2) is 44.1 Å². The minimum atomic E-state index is -0.265. The van der Waals surface area contributed by atoms with Gasteiger partial charge in [-0.3, -0.25) is 14.4 Å². The topological polar surface area (TPSA) is 108 Å². The van der Waals surface area contributed by atoms with Crippen LogP contribution in [0.4, 0.5) is 0 Å². The molecule has 7 heteroatoms. The second-order valence-electron chi connectivity index (χ2n) is 7.52. The fourth-order valence-electron chi connectivity index (χ4n) is 2.71. The summed E-state index contributed by atoms with van der Waals surface area (Å²) >= 11 is 0. The molecule has 0 unspecified atom stereocenters. The van der Waals surface area contributed by atoms with Crippen molar-refractivity contribution in [2.45, 2.75) is 51.6 Å². The van der Waals surface area contributed by atoms with Crippen molar-refractivity contribution in [2.24, 2.45) is 5.73 Å². The van der Waals surface area contributed by atoms with Gasteiger partial charge in [-0.25, -0.2) is 0 Å². The van der Waals surface area contributed by atoms with Crippen LogP contribution in [0.5, 0.6) is 0 Å². The van der Waals surface area contributed by atoms with Crippen LogP contribution in [-0.2, 0) is 19.1 Å². The lowest BCUT2D eigenvalue weighted by Gasteiger charge is -2.13. The Kier molecular flexibility index (Phi) is 12.4. The molecular formula is C25H34N2O5. The molecular weight excluding hydrogens is 408 g/mol. The van der Waals surface area contributed by atoms with Gasteiger partial charge in [0.1, 0.15) is 0 Å². The molecule has 2 aromatic carbocycles. The first-order valence-corrected chi connectivity index (χ1v) is 10.6. The number of hydrogen-bond donors (Lipinski definition) is 2. The lowest BCUT2D eigenvalue weighted by molar-refractivity contribution is -0.141. The van der Waals surface area contributed by atoms with Gasteiger partial charge in [0, 0.05) is 30.5 Å². The van der Waals surface area contributed by atoms with Crippen molar-refractivity contribution in [1.29, 1.82) is 0 Å². The molecule has 32 heavy (non-hydrogen) atoms. The van der Waals surface area contributed by atoms with Crippen molar-refractivity contribution in [3.8, 4) is 11.1 Å². The van der Waals surface area contributed by atoms with E-state index in [9.17, 15) is 14.4 Å². The van der Waals surface area contributed by atoms with Crippen LogP contribution >= 0.6 is 0 Å². The summed E-state index contributed by atoms with van der Waals surface area (Å²) in [7, 11) is 2.74. The molecule has 0 aromatic heterocycles. The maximum Gasteiger partial charge on any atom is 0.305 e. The van der Waals surface area contributed by atoms with E-state index in [-0.39, 0.29) is 29.9 Å². The van der Waals surface area contributed by atoms with Gasteiger partial charge in [-0.15, -0.1) is 0 Å². The number of hydrogen-bond acceptors (Lipinski definition) is 6. The summed E-state index contributed by atoms with van der Waals surface area (Å²) in [6.45, 7) is 3.74. The van der Waals surface area contributed by atoms with E-state index in [1.807, 2.05) is 68.4 Å². The Morgan fingerprint density at radius 1 is 0.812 bits per heavy atom. The highest BCUT2D eigenvalue weighted by atomic mass is 16.5. The molecule has 2 rings (SSSR count). The van der Waals surface area contributed by atoms with Crippen molar-refractivity contribution in [1.82, 2.24) is 5.32 Å². The van der Waals surface area contributed by atoms with Crippen LogP contribution in [0.2, 0.25) is 0 Å². The molecule has 0 aliphatic rings. The van der Waals surface area contributed by atoms with Gasteiger partial charge in [-0.2, -0.15) is 0 Å². The minimum absolute atomic E-state index is 0.0871. The number of ether oxygens (including phenoxy) is 2. The summed E-state index contributed by atoms with van der Waals surface area (Å²) in [4.78, 5) is 33.7. The van der Waals surface area contributed by atoms with E-state index in [0.717, 1.165) is 11.1 Å². The van der Waals surface area contributed by atoms with Crippen molar-refractivity contribution >= 4 is 17.8 Å². The Morgan fingerprint density at radius 2 is 1.31 bits per heavy atom. The van der Waals surface area contributed by atoms with Gasteiger partial charge < -0.3 is 20.5 Å². The summed E-state index contributed by atoms with van der Waals surface area (Å²) in [5.74, 6) is -0.590. The molecule has 0 fully saturated rings. The second-order valence-corrected chi connectivity index (χ2v) is 7.52. The predicted octanol–water partition coefficient (Wildman–Crippen LogP) is 3.71. The first-order chi connectivity index (χ1) is 15.3. The van der Waals surface area contributed by atoms with Crippen molar-refractivity contribution in [2.75, 3.05) is 14.2 Å². The van der Waals surface area contributed by atoms with E-state index < -0.39 is 0 Å².